The summed E-state index contributed by atoms with van der Waals surface area (Å²) in [6.45, 7) is 6.12. The van der Waals surface area contributed by atoms with Gasteiger partial charge in [0, 0.05) is 11.5 Å². The third-order valence-electron chi connectivity index (χ3n) is 4.15. The van der Waals surface area contributed by atoms with E-state index in [9.17, 15) is 0 Å². The van der Waals surface area contributed by atoms with Gasteiger partial charge < -0.3 is 9.47 Å². The van der Waals surface area contributed by atoms with E-state index in [1.54, 1.807) is 14.2 Å². The van der Waals surface area contributed by atoms with Crippen molar-refractivity contribution >= 4 is 10.9 Å². The highest BCUT2D eigenvalue weighted by atomic mass is 16.5. The molecule has 0 spiro atoms. The highest BCUT2D eigenvalue weighted by Gasteiger charge is 2.19. The van der Waals surface area contributed by atoms with Gasteiger partial charge in [-0.2, -0.15) is 5.10 Å². The minimum atomic E-state index is 0.0884. The van der Waals surface area contributed by atoms with Gasteiger partial charge in [-0.3, -0.25) is 4.68 Å². The lowest BCUT2D eigenvalue weighted by Gasteiger charge is -2.18. The molecule has 0 saturated heterocycles. The second-order valence-electron chi connectivity index (χ2n) is 5.47. The molecular formula is C19H21N2O2. The van der Waals surface area contributed by atoms with Crippen LogP contribution in [-0.2, 0) is 0 Å². The second kappa shape index (κ2) is 6.32. The predicted octanol–water partition coefficient (Wildman–Crippen LogP) is 4.18. The van der Waals surface area contributed by atoms with Crippen molar-refractivity contribution in [3.05, 3.63) is 60.6 Å². The van der Waals surface area contributed by atoms with Crippen molar-refractivity contribution in [2.45, 2.75) is 19.4 Å². The van der Waals surface area contributed by atoms with E-state index in [0.29, 0.717) is 17.9 Å². The maximum absolute atomic E-state index is 5.45. The van der Waals surface area contributed by atoms with E-state index in [2.05, 4.69) is 19.1 Å². The fourth-order valence-electron chi connectivity index (χ4n) is 2.96. The van der Waals surface area contributed by atoms with Crippen molar-refractivity contribution in [3.63, 3.8) is 0 Å². The summed E-state index contributed by atoms with van der Waals surface area (Å²) in [7, 11) is 3.29. The van der Waals surface area contributed by atoms with Crippen molar-refractivity contribution in [2.75, 3.05) is 14.2 Å². The molecule has 3 rings (SSSR count). The minimum Gasteiger partial charge on any atom is -0.493 e. The Balaban J connectivity index is 2.21. The van der Waals surface area contributed by atoms with Gasteiger partial charge in [0.05, 0.1) is 31.5 Å². The van der Waals surface area contributed by atoms with Gasteiger partial charge in [0.1, 0.15) is 0 Å². The molecule has 0 aliphatic carbocycles. The van der Waals surface area contributed by atoms with Crippen molar-refractivity contribution in [1.82, 2.24) is 9.78 Å². The van der Waals surface area contributed by atoms with Crippen molar-refractivity contribution in [1.29, 1.82) is 0 Å². The fourth-order valence-corrected chi connectivity index (χ4v) is 2.96. The number of hydrogen-bond acceptors (Lipinski definition) is 3. The number of rotatable bonds is 5. The third-order valence-corrected chi connectivity index (χ3v) is 4.15. The molecule has 1 atom stereocenters. The molecule has 1 radical (unpaired) electrons. The molecule has 0 aliphatic rings. The topological polar surface area (TPSA) is 36.3 Å². The summed E-state index contributed by atoms with van der Waals surface area (Å²) >= 11 is 0. The van der Waals surface area contributed by atoms with E-state index in [1.807, 2.05) is 41.9 Å². The largest absolute Gasteiger partial charge is 0.493 e. The zero-order valence-corrected chi connectivity index (χ0v) is 13.7. The van der Waals surface area contributed by atoms with Crippen LogP contribution in [0.1, 0.15) is 23.7 Å². The van der Waals surface area contributed by atoms with E-state index >= 15 is 0 Å². The molecule has 2 aromatic carbocycles. The van der Waals surface area contributed by atoms with E-state index in [-0.39, 0.29) is 6.04 Å². The maximum Gasteiger partial charge on any atom is 0.162 e. The van der Waals surface area contributed by atoms with Crippen molar-refractivity contribution in [2.24, 2.45) is 0 Å². The summed E-state index contributed by atoms with van der Waals surface area (Å²) in [5, 5.41) is 5.82. The van der Waals surface area contributed by atoms with Gasteiger partial charge in [-0.15, -0.1) is 0 Å². The molecule has 0 saturated carbocycles. The molecule has 0 amide bonds. The highest BCUT2D eigenvalue weighted by molar-refractivity contribution is 5.85. The first kappa shape index (κ1) is 15.4. The summed E-state index contributed by atoms with van der Waals surface area (Å²) in [6, 6.07) is 14.4. The highest BCUT2D eigenvalue weighted by Crippen LogP contribution is 2.36. The predicted molar refractivity (Wildman–Crippen MR) is 92.1 cm³/mol. The molecule has 0 bridgehead atoms. The number of methoxy groups -OCH3 is 2. The number of aryl methyl sites for hydroxylation is 1. The molecule has 1 unspecified atom stereocenters. The van der Waals surface area contributed by atoms with E-state index in [1.165, 1.54) is 5.56 Å². The van der Waals surface area contributed by atoms with Crippen LogP contribution in [0.3, 0.4) is 0 Å². The van der Waals surface area contributed by atoms with Crippen molar-refractivity contribution in [3.8, 4) is 11.5 Å². The van der Waals surface area contributed by atoms with Gasteiger partial charge in [0.15, 0.2) is 11.5 Å². The van der Waals surface area contributed by atoms with Gasteiger partial charge in [-0.1, -0.05) is 37.3 Å². The molecule has 119 valence electrons. The summed E-state index contributed by atoms with van der Waals surface area (Å²) in [4.78, 5) is 0. The smallest absolute Gasteiger partial charge is 0.162 e. The zero-order valence-electron chi connectivity index (χ0n) is 13.7. The van der Waals surface area contributed by atoms with Gasteiger partial charge in [-0.05, 0) is 25.0 Å². The molecule has 1 aromatic heterocycles. The summed E-state index contributed by atoms with van der Waals surface area (Å²) in [5.41, 5.74) is 3.19. The van der Waals surface area contributed by atoms with Crippen LogP contribution >= 0.6 is 0 Å². The van der Waals surface area contributed by atoms with Crippen molar-refractivity contribution < 1.29 is 9.47 Å². The van der Waals surface area contributed by atoms with Crippen LogP contribution in [-0.4, -0.2) is 24.0 Å². The summed E-state index contributed by atoms with van der Waals surface area (Å²) < 4.78 is 12.9. The average Bonchev–Trinajstić information content (AvgIpc) is 2.91. The molecule has 0 aliphatic heterocycles. The van der Waals surface area contributed by atoms with Crippen LogP contribution in [0.2, 0.25) is 0 Å². The standard InChI is InChI=1S/C19H21N2O2/c1-5-16(14-9-7-6-8-10-14)21-17-12-19(23-4)18(22-3)11-15(17)13(2)20-21/h6-12,16H,1,5H2,2-4H3. The van der Waals surface area contributed by atoms with Gasteiger partial charge in [-0.25, -0.2) is 0 Å². The Kier molecular flexibility index (Phi) is 4.24. The molecule has 1 heterocycles. The Labute approximate surface area is 136 Å². The van der Waals surface area contributed by atoms with Crippen LogP contribution in [0.5, 0.6) is 11.5 Å². The Bertz CT molecular complexity index is 809. The first-order valence-corrected chi connectivity index (χ1v) is 7.64. The zero-order chi connectivity index (χ0) is 16.4. The van der Waals surface area contributed by atoms with Crippen LogP contribution in [0, 0.1) is 13.8 Å². The van der Waals surface area contributed by atoms with E-state index in [0.717, 1.165) is 16.6 Å². The van der Waals surface area contributed by atoms with Crippen LogP contribution in [0.15, 0.2) is 42.5 Å². The Morgan fingerprint density at radius 1 is 1.09 bits per heavy atom. The quantitative estimate of drug-likeness (QED) is 0.709. The number of ether oxygens (including phenoxy) is 2. The normalized spacial score (nSPS) is 12.3. The van der Waals surface area contributed by atoms with Gasteiger partial charge in [0.2, 0.25) is 0 Å². The summed E-state index contributed by atoms with van der Waals surface area (Å²) in [5.74, 6) is 1.42. The Hall–Kier alpha value is -2.49. The maximum atomic E-state index is 5.45. The van der Waals surface area contributed by atoms with Gasteiger partial charge in [0.25, 0.3) is 0 Å². The molecule has 4 heteroatoms. The number of nitrogens with zero attached hydrogens (tertiary/aromatic N) is 2. The second-order valence-corrected chi connectivity index (χ2v) is 5.47. The average molecular weight is 309 g/mol. The molecule has 3 aromatic rings. The Morgan fingerprint density at radius 2 is 1.74 bits per heavy atom. The molecule has 0 fully saturated rings. The molecule has 23 heavy (non-hydrogen) atoms. The molecule has 0 N–H and O–H groups in total. The monoisotopic (exact) mass is 309 g/mol. The Morgan fingerprint density at radius 3 is 2.35 bits per heavy atom. The van der Waals surface area contributed by atoms with Crippen LogP contribution in [0.4, 0.5) is 0 Å². The van der Waals surface area contributed by atoms with Crippen LogP contribution in [0.25, 0.3) is 10.9 Å². The lowest BCUT2D eigenvalue weighted by atomic mass is 10.0. The summed E-state index contributed by atoms with van der Waals surface area (Å²) in [6.07, 6.45) is 0.717. The van der Waals surface area contributed by atoms with Crippen LogP contribution < -0.4 is 9.47 Å². The van der Waals surface area contributed by atoms with Gasteiger partial charge >= 0.3 is 0 Å². The van der Waals surface area contributed by atoms with E-state index < -0.39 is 0 Å². The minimum absolute atomic E-state index is 0.0884. The number of hydrogen-bond donors (Lipinski definition) is 0. The fraction of sp³-hybridized carbons (Fsp3) is 0.263. The SMILES string of the molecule is [CH2]CC(c1ccccc1)n1nc(C)c2cc(OC)c(OC)cc21. The number of benzene rings is 2. The van der Waals surface area contributed by atoms with E-state index in [4.69, 9.17) is 14.6 Å². The molecular weight excluding hydrogens is 288 g/mol. The first-order valence-electron chi connectivity index (χ1n) is 7.64. The first-order chi connectivity index (χ1) is 11.2. The number of aromatic nitrogens is 2. The molecule has 4 nitrogen and oxygen atoms in total. The third kappa shape index (κ3) is 2.65. The lowest BCUT2D eigenvalue weighted by molar-refractivity contribution is 0.355. The number of fused-ring (bicyclic) bond motifs is 1. The lowest BCUT2D eigenvalue weighted by Crippen LogP contribution is -2.11.